The number of amides is 1. The Hall–Kier alpha value is -2.53. The number of anilines is 3. The number of esters is 1. The largest absolute Gasteiger partial charge is 0.426 e. The van der Waals surface area contributed by atoms with Gasteiger partial charge in [-0.3, -0.25) is 9.59 Å². The van der Waals surface area contributed by atoms with Crippen molar-refractivity contribution in [3.05, 3.63) is 47.0 Å². The molecule has 0 atom stereocenters. The van der Waals surface area contributed by atoms with Crippen LogP contribution in [0, 0.1) is 0 Å². The van der Waals surface area contributed by atoms with Crippen LogP contribution >= 0.6 is 11.6 Å². The molecule has 112 valence electrons. The Morgan fingerprint density at radius 2 is 1.91 bits per heavy atom. The standard InChI is InChI=1S/C16H13ClN2O3/c1-2-15(20)22-10-4-6-12-14(8-10)19-16(21)11-5-3-9(17)7-13(11)18-12/h3-8,18H,2H2,1H3,(H,19,21). The predicted octanol–water partition coefficient (Wildman–Crippen LogP) is 3.96. The summed E-state index contributed by atoms with van der Waals surface area (Å²) in [5.74, 6) is -0.198. The van der Waals surface area contributed by atoms with Gasteiger partial charge in [0.1, 0.15) is 5.75 Å². The predicted molar refractivity (Wildman–Crippen MR) is 85.1 cm³/mol. The first-order chi connectivity index (χ1) is 10.6. The zero-order chi connectivity index (χ0) is 15.7. The summed E-state index contributed by atoms with van der Waals surface area (Å²) in [5, 5.41) is 6.49. The molecule has 5 nitrogen and oxygen atoms in total. The number of hydrogen-bond donors (Lipinski definition) is 2. The second-order valence-electron chi connectivity index (χ2n) is 4.80. The number of benzene rings is 2. The van der Waals surface area contributed by atoms with Crippen LogP contribution in [0.2, 0.25) is 5.02 Å². The van der Waals surface area contributed by atoms with Crippen molar-refractivity contribution >= 4 is 40.5 Å². The summed E-state index contributed by atoms with van der Waals surface area (Å²) >= 11 is 5.97. The van der Waals surface area contributed by atoms with Gasteiger partial charge in [0.25, 0.3) is 5.91 Å². The van der Waals surface area contributed by atoms with Crippen LogP contribution < -0.4 is 15.4 Å². The number of carbonyl (C=O) groups excluding carboxylic acids is 2. The molecule has 22 heavy (non-hydrogen) atoms. The molecule has 0 unspecified atom stereocenters. The van der Waals surface area contributed by atoms with E-state index < -0.39 is 0 Å². The van der Waals surface area contributed by atoms with Gasteiger partial charge in [-0.05, 0) is 30.3 Å². The monoisotopic (exact) mass is 316 g/mol. The first-order valence-electron chi connectivity index (χ1n) is 6.79. The molecule has 1 amide bonds. The van der Waals surface area contributed by atoms with Crippen LogP contribution in [-0.4, -0.2) is 11.9 Å². The van der Waals surface area contributed by atoms with Crippen LogP contribution in [0.4, 0.5) is 17.1 Å². The highest BCUT2D eigenvalue weighted by molar-refractivity contribution is 6.31. The molecular weight excluding hydrogens is 304 g/mol. The molecule has 2 aromatic carbocycles. The molecule has 1 aliphatic heterocycles. The van der Waals surface area contributed by atoms with Gasteiger partial charge in [0.05, 0.1) is 22.6 Å². The first kappa shape index (κ1) is 14.4. The van der Waals surface area contributed by atoms with Gasteiger partial charge < -0.3 is 15.4 Å². The summed E-state index contributed by atoms with van der Waals surface area (Å²) < 4.78 is 5.16. The zero-order valence-electron chi connectivity index (χ0n) is 11.8. The van der Waals surface area contributed by atoms with Gasteiger partial charge in [0.15, 0.2) is 0 Å². The molecule has 0 saturated heterocycles. The van der Waals surface area contributed by atoms with Crippen LogP contribution in [-0.2, 0) is 4.79 Å². The van der Waals surface area contributed by atoms with Crippen LogP contribution in [0.15, 0.2) is 36.4 Å². The fourth-order valence-corrected chi connectivity index (χ4v) is 2.33. The second-order valence-corrected chi connectivity index (χ2v) is 5.24. The average molecular weight is 317 g/mol. The molecule has 0 spiro atoms. The number of nitrogens with one attached hydrogen (secondary N) is 2. The van der Waals surface area contributed by atoms with Crippen LogP contribution in [0.5, 0.6) is 5.75 Å². The minimum Gasteiger partial charge on any atom is -0.426 e. The Morgan fingerprint density at radius 3 is 2.68 bits per heavy atom. The van der Waals surface area contributed by atoms with Gasteiger partial charge >= 0.3 is 5.97 Å². The number of carbonyl (C=O) groups is 2. The Bertz CT molecular complexity index is 774. The van der Waals surface area contributed by atoms with E-state index in [0.717, 1.165) is 0 Å². The third-order valence-electron chi connectivity index (χ3n) is 3.26. The van der Waals surface area contributed by atoms with Crippen molar-refractivity contribution in [2.75, 3.05) is 10.6 Å². The summed E-state index contributed by atoms with van der Waals surface area (Å²) in [6, 6.07) is 10.0. The number of fused-ring (bicyclic) bond motifs is 2. The van der Waals surface area contributed by atoms with E-state index in [0.29, 0.717) is 33.4 Å². The van der Waals surface area contributed by atoms with E-state index in [-0.39, 0.29) is 18.3 Å². The SMILES string of the molecule is CCC(=O)Oc1ccc2c(c1)NC(=O)c1ccc(Cl)cc1N2. The van der Waals surface area contributed by atoms with E-state index in [2.05, 4.69) is 10.6 Å². The number of hydrogen-bond acceptors (Lipinski definition) is 4. The van der Waals surface area contributed by atoms with Crippen molar-refractivity contribution in [1.29, 1.82) is 0 Å². The van der Waals surface area contributed by atoms with Crippen molar-refractivity contribution in [2.24, 2.45) is 0 Å². The lowest BCUT2D eigenvalue weighted by molar-refractivity contribution is -0.134. The Morgan fingerprint density at radius 1 is 1.09 bits per heavy atom. The number of rotatable bonds is 2. The quantitative estimate of drug-likeness (QED) is 0.650. The minimum atomic E-state index is -0.331. The van der Waals surface area contributed by atoms with Gasteiger partial charge in [0, 0.05) is 17.5 Å². The lowest BCUT2D eigenvalue weighted by Crippen LogP contribution is -2.11. The Labute approximate surface area is 132 Å². The highest BCUT2D eigenvalue weighted by Gasteiger charge is 2.19. The van der Waals surface area contributed by atoms with Crippen molar-refractivity contribution < 1.29 is 14.3 Å². The van der Waals surface area contributed by atoms with Crippen molar-refractivity contribution in [2.45, 2.75) is 13.3 Å². The maximum atomic E-state index is 12.3. The molecule has 0 bridgehead atoms. The second kappa shape index (κ2) is 5.69. The summed E-state index contributed by atoms with van der Waals surface area (Å²) in [5.41, 5.74) is 2.36. The topological polar surface area (TPSA) is 67.4 Å². The molecule has 1 heterocycles. The summed E-state index contributed by atoms with van der Waals surface area (Å²) in [7, 11) is 0. The summed E-state index contributed by atoms with van der Waals surface area (Å²) in [6.07, 6.45) is 0.283. The lowest BCUT2D eigenvalue weighted by Gasteiger charge is -2.10. The van der Waals surface area contributed by atoms with Gasteiger partial charge in [-0.25, -0.2) is 0 Å². The number of ether oxygens (including phenoxy) is 1. The molecule has 0 saturated carbocycles. The Balaban J connectivity index is 1.98. The first-order valence-corrected chi connectivity index (χ1v) is 7.17. The lowest BCUT2D eigenvalue weighted by atomic mass is 10.1. The maximum absolute atomic E-state index is 12.3. The third kappa shape index (κ3) is 2.76. The Kier molecular flexibility index (Phi) is 3.73. The van der Waals surface area contributed by atoms with E-state index >= 15 is 0 Å². The van der Waals surface area contributed by atoms with Gasteiger partial charge in [-0.1, -0.05) is 18.5 Å². The highest BCUT2D eigenvalue weighted by atomic mass is 35.5. The molecule has 1 aliphatic rings. The maximum Gasteiger partial charge on any atom is 0.310 e. The van der Waals surface area contributed by atoms with Gasteiger partial charge in [-0.2, -0.15) is 0 Å². The van der Waals surface area contributed by atoms with E-state index in [1.165, 1.54) is 0 Å². The van der Waals surface area contributed by atoms with Crippen LogP contribution in [0.25, 0.3) is 0 Å². The highest BCUT2D eigenvalue weighted by Crippen LogP contribution is 2.35. The molecule has 2 aromatic rings. The molecule has 3 rings (SSSR count). The van der Waals surface area contributed by atoms with Crippen molar-refractivity contribution in [3.8, 4) is 5.75 Å². The normalized spacial score (nSPS) is 12.4. The smallest absolute Gasteiger partial charge is 0.310 e. The average Bonchev–Trinajstić information content (AvgIpc) is 2.62. The van der Waals surface area contributed by atoms with Gasteiger partial charge in [0.2, 0.25) is 0 Å². The van der Waals surface area contributed by atoms with E-state index in [1.54, 1.807) is 43.3 Å². The summed E-state index contributed by atoms with van der Waals surface area (Å²) in [6.45, 7) is 1.72. The van der Waals surface area contributed by atoms with Gasteiger partial charge in [-0.15, -0.1) is 0 Å². The molecule has 0 radical (unpaired) electrons. The van der Waals surface area contributed by atoms with Crippen LogP contribution in [0.3, 0.4) is 0 Å². The fourth-order valence-electron chi connectivity index (χ4n) is 2.16. The van der Waals surface area contributed by atoms with Crippen molar-refractivity contribution in [1.82, 2.24) is 0 Å². The van der Waals surface area contributed by atoms with Crippen molar-refractivity contribution in [3.63, 3.8) is 0 Å². The van der Waals surface area contributed by atoms with E-state index in [4.69, 9.17) is 16.3 Å². The molecule has 0 aliphatic carbocycles. The molecular formula is C16H13ClN2O3. The van der Waals surface area contributed by atoms with E-state index in [9.17, 15) is 9.59 Å². The molecule has 2 N–H and O–H groups in total. The van der Waals surface area contributed by atoms with E-state index in [1.807, 2.05) is 0 Å². The minimum absolute atomic E-state index is 0.253. The molecule has 0 aromatic heterocycles. The molecule has 0 fully saturated rings. The van der Waals surface area contributed by atoms with Crippen LogP contribution in [0.1, 0.15) is 23.7 Å². The molecule has 6 heteroatoms. The third-order valence-corrected chi connectivity index (χ3v) is 3.49. The zero-order valence-corrected chi connectivity index (χ0v) is 12.5. The fraction of sp³-hybridized carbons (Fsp3) is 0.125. The summed E-state index contributed by atoms with van der Waals surface area (Å²) in [4.78, 5) is 23.6. The number of halogens is 1.